The van der Waals surface area contributed by atoms with Crippen LogP contribution in [0, 0.1) is 0 Å². The van der Waals surface area contributed by atoms with E-state index in [1.54, 1.807) is 7.05 Å². The van der Waals surface area contributed by atoms with Crippen LogP contribution in [0.4, 0.5) is 0 Å². The molecule has 0 atom stereocenters. The van der Waals surface area contributed by atoms with Crippen molar-refractivity contribution in [1.82, 2.24) is 4.90 Å². The van der Waals surface area contributed by atoms with Crippen molar-refractivity contribution in [1.29, 1.82) is 0 Å². The zero-order valence-electron chi connectivity index (χ0n) is 11.9. The summed E-state index contributed by atoms with van der Waals surface area (Å²) in [6.07, 6.45) is 0.118. The highest BCUT2D eigenvalue weighted by atomic mass is 32.2. The fraction of sp³-hybridized carbons (Fsp3) is 0.462. The van der Waals surface area contributed by atoms with Crippen LogP contribution in [0.2, 0.25) is 0 Å². The number of sulfonamides is 1. The molecule has 7 heteroatoms. The van der Waals surface area contributed by atoms with Gasteiger partial charge in [-0.3, -0.25) is 4.79 Å². The molecule has 0 heterocycles. The minimum absolute atomic E-state index is 0.0140. The van der Waals surface area contributed by atoms with Gasteiger partial charge in [-0.2, -0.15) is 0 Å². The molecular weight excluding hydrogens is 280 g/mol. The first kappa shape index (κ1) is 16.6. The van der Waals surface area contributed by atoms with Crippen molar-refractivity contribution in [3.8, 4) is 0 Å². The molecule has 1 amide bonds. The van der Waals surface area contributed by atoms with Gasteiger partial charge >= 0.3 is 0 Å². The van der Waals surface area contributed by atoms with Crippen LogP contribution in [-0.2, 0) is 14.8 Å². The molecule has 0 aliphatic rings. The third-order valence-corrected chi connectivity index (χ3v) is 3.58. The van der Waals surface area contributed by atoms with E-state index in [-0.39, 0.29) is 16.9 Å². The summed E-state index contributed by atoms with van der Waals surface area (Å²) < 4.78 is 27.6. The van der Waals surface area contributed by atoms with Crippen LogP contribution < -0.4 is 5.14 Å². The Kier molecular flexibility index (Phi) is 5.67. The molecule has 6 nitrogen and oxygen atoms in total. The van der Waals surface area contributed by atoms with Gasteiger partial charge in [0.2, 0.25) is 10.0 Å². The molecule has 0 radical (unpaired) electrons. The summed E-state index contributed by atoms with van der Waals surface area (Å²) in [7, 11) is -2.07. The number of benzene rings is 1. The number of amides is 1. The van der Waals surface area contributed by atoms with Gasteiger partial charge in [-0.15, -0.1) is 0 Å². The third kappa shape index (κ3) is 4.92. The van der Waals surface area contributed by atoms with E-state index in [0.29, 0.717) is 18.7 Å². The first-order chi connectivity index (χ1) is 9.21. The number of likely N-dealkylation sites (N-methyl/N-ethyl adjacent to an activating group) is 1. The van der Waals surface area contributed by atoms with Gasteiger partial charge in [0.25, 0.3) is 5.91 Å². The summed E-state index contributed by atoms with van der Waals surface area (Å²) in [4.78, 5) is 13.6. The van der Waals surface area contributed by atoms with Gasteiger partial charge < -0.3 is 9.64 Å². The molecule has 112 valence electrons. The van der Waals surface area contributed by atoms with Crippen molar-refractivity contribution in [3.05, 3.63) is 29.8 Å². The third-order valence-electron chi connectivity index (χ3n) is 2.65. The molecule has 1 rings (SSSR count). The quantitative estimate of drug-likeness (QED) is 0.842. The minimum Gasteiger partial charge on any atom is -0.377 e. The highest BCUT2D eigenvalue weighted by Gasteiger charge is 2.13. The number of carbonyl (C=O) groups is 1. The SMILES string of the molecule is CC(C)OCCN(C)C(=O)c1ccc(S(N)(=O)=O)cc1. The fourth-order valence-corrected chi connectivity index (χ4v) is 2.05. The Morgan fingerprint density at radius 3 is 2.30 bits per heavy atom. The number of carbonyl (C=O) groups excluding carboxylic acids is 1. The topological polar surface area (TPSA) is 89.7 Å². The Hall–Kier alpha value is -1.44. The van der Waals surface area contributed by atoms with E-state index in [4.69, 9.17) is 9.88 Å². The Bertz CT molecular complexity index is 552. The second-order valence-corrected chi connectivity index (χ2v) is 6.28. The second-order valence-electron chi connectivity index (χ2n) is 4.72. The lowest BCUT2D eigenvalue weighted by molar-refractivity contribution is 0.0532. The van der Waals surface area contributed by atoms with Crippen LogP contribution in [0.1, 0.15) is 24.2 Å². The molecule has 0 saturated heterocycles. The summed E-state index contributed by atoms with van der Waals surface area (Å²) in [6, 6.07) is 5.53. The van der Waals surface area contributed by atoms with Crippen LogP contribution in [0.15, 0.2) is 29.2 Å². The normalized spacial score (nSPS) is 11.7. The lowest BCUT2D eigenvalue weighted by Crippen LogP contribution is -2.30. The van der Waals surface area contributed by atoms with E-state index in [1.807, 2.05) is 13.8 Å². The minimum atomic E-state index is -3.73. The van der Waals surface area contributed by atoms with Crippen LogP contribution in [-0.4, -0.2) is 45.5 Å². The van der Waals surface area contributed by atoms with E-state index >= 15 is 0 Å². The molecular formula is C13H20N2O4S. The van der Waals surface area contributed by atoms with E-state index in [0.717, 1.165) is 0 Å². The number of hydrogen-bond donors (Lipinski definition) is 1. The lowest BCUT2D eigenvalue weighted by atomic mass is 10.2. The molecule has 2 N–H and O–H groups in total. The molecule has 1 aromatic carbocycles. The van der Waals surface area contributed by atoms with Crippen LogP contribution >= 0.6 is 0 Å². The first-order valence-electron chi connectivity index (χ1n) is 6.21. The average Bonchev–Trinajstić information content (AvgIpc) is 2.36. The molecule has 0 aliphatic carbocycles. The molecule has 0 spiro atoms. The maximum Gasteiger partial charge on any atom is 0.253 e. The number of primary sulfonamides is 1. The van der Waals surface area contributed by atoms with Crippen molar-refractivity contribution in [3.63, 3.8) is 0 Å². The highest BCUT2D eigenvalue weighted by molar-refractivity contribution is 7.89. The number of nitrogens with two attached hydrogens (primary N) is 1. The van der Waals surface area contributed by atoms with Crippen molar-refractivity contribution in [2.24, 2.45) is 5.14 Å². The van der Waals surface area contributed by atoms with Crippen molar-refractivity contribution < 1.29 is 17.9 Å². The summed E-state index contributed by atoms with van der Waals surface area (Å²) >= 11 is 0. The summed E-state index contributed by atoms with van der Waals surface area (Å²) in [5.74, 6) is -0.196. The number of rotatable bonds is 6. The average molecular weight is 300 g/mol. The summed E-state index contributed by atoms with van der Waals surface area (Å²) in [6.45, 7) is 4.77. The first-order valence-corrected chi connectivity index (χ1v) is 7.76. The molecule has 1 aromatic rings. The standard InChI is InChI=1S/C13H20N2O4S/c1-10(2)19-9-8-15(3)13(16)11-4-6-12(7-5-11)20(14,17)18/h4-7,10H,8-9H2,1-3H3,(H2,14,17,18). The Labute approximate surface area is 119 Å². The van der Waals surface area contributed by atoms with Gasteiger partial charge in [0.05, 0.1) is 17.6 Å². The summed E-state index contributed by atoms with van der Waals surface area (Å²) in [5, 5.41) is 5.00. The largest absolute Gasteiger partial charge is 0.377 e. The smallest absolute Gasteiger partial charge is 0.253 e. The van der Waals surface area contributed by atoms with E-state index in [2.05, 4.69) is 0 Å². The Morgan fingerprint density at radius 2 is 1.85 bits per heavy atom. The maximum absolute atomic E-state index is 12.1. The van der Waals surface area contributed by atoms with E-state index in [9.17, 15) is 13.2 Å². The molecule has 0 aromatic heterocycles. The monoisotopic (exact) mass is 300 g/mol. The van der Waals surface area contributed by atoms with Crippen molar-refractivity contribution in [2.45, 2.75) is 24.8 Å². The van der Waals surface area contributed by atoms with Gasteiger partial charge in [-0.25, -0.2) is 13.6 Å². The number of ether oxygens (including phenoxy) is 1. The van der Waals surface area contributed by atoms with E-state index in [1.165, 1.54) is 29.2 Å². The van der Waals surface area contributed by atoms with Gasteiger partial charge in [0, 0.05) is 19.2 Å². The fourth-order valence-electron chi connectivity index (χ4n) is 1.53. The van der Waals surface area contributed by atoms with Crippen molar-refractivity contribution >= 4 is 15.9 Å². The number of hydrogen-bond acceptors (Lipinski definition) is 4. The number of nitrogens with zero attached hydrogens (tertiary/aromatic N) is 1. The maximum atomic E-state index is 12.1. The van der Waals surface area contributed by atoms with Crippen molar-refractivity contribution in [2.75, 3.05) is 20.2 Å². The molecule has 0 saturated carbocycles. The predicted octanol–water partition coefficient (Wildman–Crippen LogP) is 0.831. The van der Waals surface area contributed by atoms with Gasteiger partial charge in [-0.05, 0) is 38.1 Å². The van der Waals surface area contributed by atoms with Gasteiger partial charge in [0.15, 0.2) is 0 Å². The molecule has 0 bridgehead atoms. The molecule has 20 heavy (non-hydrogen) atoms. The van der Waals surface area contributed by atoms with Crippen LogP contribution in [0.3, 0.4) is 0 Å². The zero-order valence-corrected chi connectivity index (χ0v) is 12.7. The lowest BCUT2D eigenvalue weighted by Gasteiger charge is -2.18. The van der Waals surface area contributed by atoms with Crippen LogP contribution in [0.5, 0.6) is 0 Å². The van der Waals surface area contributed by atoms with Gasteiger partial charge in [0.1, 0.15) is 0 Å². The van der Waals surface area contributed by atoms with E-state index < -0.39 is 10.0 Å². The predicted molar refractivity (Wildman–Crippen MR) is 75.9 cm³/mol. The Balaban J connectivity index is 2.68. The second kappa shape index (κ2) is 6.83. The zero-order chi connectivity index (χ0) is 15.3. The Morgan fingerprint density at radius 1 is 1.30 bits per heavy atom. The molecule has 0 aliphatic heterocycles. The molecule has 0 unspecified atom stereocenters. The highest BCUT2D eigenvalue weighted by Crippen LogP contribution is 2.10. The summed E-state index contributed by atoms with van der Waals surface area (Å²) in [5.41, 5.74) is 0.407. The molecule has 0 fully saturated rings. The van der Waals surface area contributed by atoms with Gasteiger partial charge in [-0.1, -0.05) is 0 Å². The van der Waals surface area contributed by atoms with Crippen LogP contribution in [0.25, 0.3) is 0 Å².